The molecule has 0 atom stereocenters. The molecule has 0 unspecified atom stereocenters. The molecule has 0 aliphatic rings. The number of aryl methyl sites for hydroxylation is 2. The minimum atomic E-state index is -0.0309. The highest BCUT2D eigenvalue weighted by atomic mass is 32.2. The third kappa shape index (κ3) is 3.51. The molecule has 7 heteroatoms. The molecular formula is C19H22N2O3S2. The third-order valence-corrected chi connectivity index (χ3v) is 6.42. The van der Waals surface area contributed by atoms with Gasteiger partial charge in [-0.2, -0.15) is 0 Å². The Labute approximate surface area is 161 Å². The van der Waals surface area contributed by atoms with Crippen molar-refractivity contribution in [2.24, 2.45) is 0 Å². The van der Waals surface area contributed by atoms with Gasteiger partial charge < -0.3 is 9.47 Å². The van der Waals surface area contributed by atoms with E-state index in [4.69, 9.17) is 14.5 Å². The summed E-state index contributed by atoms with van der Waals surface area (Å²) < 4.78 is 12.2. The zero-order valence-electron chi connectivity index (χ0n) is 15.4. The number of benzene rings is 1. The molecule has 0 aliphatic carbocycles. The van der Waals surface area contributed by atoms with Gasteiger partial charge in [0.25, 0.3) is 5.56 Å². The van der Waals surface area contributed by atoms with E-state index in [1.165, 1.54) is 16.6 Å². The summed E-state index contributed by atoms with van der Waals surface area (Å²) in [5, 5.41) is 1.39. The molecule has 0 aliphatic heterocycles. The lowest BCUT2D eigenvalue weighted by atomic mass is 10.2. The number of aromatic nitrogens is 2. The molecule has 0 bridgehead atoms. The van der Waals surface area contributed by atoms with Crippen LogP contribution in [0.15, 0.2) is 34.2 Å². The number of hydrogen-bond donors (Lipinski definition) is 0. The Kier molecular flexibility index (Phi) is 6.01. The van der Waals surface area contributed by atoms with Gasteiger partial charge in [0, 0.05) is 23.8 Å². The van der Waals surface area contributed by atoms with Gasteiger partial charge in [0.05, 0.1) is 24.8 Å². The molecule has 0 saturated heterocycles. The second-order valence-electron chi connectivity index (χ2n) is 5.76. The van der Waals surface area contributed by atoms with E-state index in [2.05, 4.69) is 6.92 Å². The predicted octanol–water partition coefficient (Wildman–Crippen LogP) is 4.07. The SMILES string of the molecule is CCc1sc2nc(SCCOC)n(-c3cccc(OC)c3)c(=O)c2c1C. The molecule has 0 spiro atoms. The van der Waals surface area contributed by atoms with Gasteiger partial charge in [-0.15, -0.1) is 11.3 Å². The fourth-order valence-corrected chi connectivity index (χ4v) is 4.91. The van der Waals surface area contributed by atoms with Crippen molar-refractivity contribution in [2.75, 3.05) is 26.6 Å². The molecule has 0 amide bonds. The Hall–Kier alpha value is -1.83. The molecule has 2 heterocycles. The van der Waals surface area contributed by atoms with E-state index in [0.717, 1.165) is 28.3 Å². The number of thiophene rings is 1. The van der Waals surface area contributed by atoms with E-state index in [0.29, 0.717) is 22.9 Å². The molecule has 0 radical (unpaired) electrons. The van der Waals surface area contributed by atoms with Crippen molar-refractivity contribution in [1.29, 1.82) is 0 Å². The van der Waals surface area contributed by atoms with Crippen molar-refractivity contribution in [3.05, 3.63) is 45.1 Å². The smallest absolute Gasteiger partial charge is 0.267 e. The van der Waals surface area contributed by atoms with Gasteiger partial charge in [-0.1, -0.05) is 24.8 Å². The molecule has 26 heavy (non-hydrogen) atoms. The summed E-state index contributed by atoms with van der Waals surface area (Å²) in [6.45, 7) is 4.71. The van der Waals surface area contributed by atoms with Crippen LogP contribution in [-0.4, -0.2) is 36.1 Å². The van der Waals surface area contributed by atoms with Crippen LogP contribution >= 0.6 is 23.1 Å². The first kappa shape index (κ1) is 18.9. The Bertz CT molecular complexity index is 979. The Morgan fingerprint density at radius 3 is 2.81 bits per heavy atom. The second kappa shape index (κ2) is 8.24. The van der Waals surface area contributed by atoms with Gasteiger partial charge in [0.2, 0.25) is 0 Å². The van der Waals surface area contributed by atoms with Crippen molar-refractivity contribution in [2.45, 2.75) is 25.4 Å². The topological polar surface area (TPSA) is 53.4 Å². The summed E-state index contributed by atoms with van der Waals surface area (Å²) in [4.78, 5) is 20.2. The van der Waals surface area contributed by atoms with E-state index < -0.39 is 0 Å². The number of hydrogen-bond acceptors (Lipinski definition) is 6. The number of ether oxygens (including phenoxy) is 2. The van der Waals surface area contributed by atoms with Gasteiger partial charge in [0.15, 0.2) is 5.16 Å². The van der Waals surface area contributed by atoms with Crippen molar-refractivity contribution < 1.29 is 9.47 Å². The number of rotatable bonds is 7. The van der Waals surface area contributed by atoms with Crippen LogP contribution in [-0.2, 0) is 11.2 Å². The van der Waals surface area contributed by atoms with Crippen LogP contribution in [0.5, 0.6) is 5.75 Å². The summed E-state index contributed by atoms with van der Waals surface area (Å²) in [6, 6.07) is 7.51. The molecule has 138 valence electrons. The third-order valence-electron chi connectivity index (χ3n) is 4.18. The average Bonchev–Trinajstić information content (AvgIpc) is 2.98. The zero-order chi connectivity index (χ0) is 18.7. The highest BCUT2D eigenvalue weighted by Crippen LogP contribution is 2.31. The second-order valence-corrected chi connectivity index (χ2v) is 7.91. The first-order valence-corrected chi connectivity index (χ1v) is 10.2. The maximum Gasteiger partial charge on any atom is 0.267 e. The van der Waals surface area contributed by atoms with Crippen molar-refractivity contribution in [3.63, 3.8) is 0 Å². The minimum Gasteiger partial charge on any atom is -0.497 e. The van der Waals surface area contributed by atoms with Crippen LogP contribution in [0.3, 0.4) is 0 Å². The lowest BCUT2D eigenvalue weighted by Gasteiger charge is -2.13. The molecular weight excluding hydrogens is 368 g/mol. The predicted molar refractivity (Wildman–Crippen MR) is 108 cm³/mol. The first-order valence-electron chi connectivity index (χ1n) is 8.41. The monoisotopic (exact) mass is 390 g/mol. The van der Waals surface area contributed by atoms with Gasteiger partial charge >= 0.3 is 0 Å². The molecule has 3 rings (SSSR count). The fourth-order valence-electron chi connectivity index (χ4n) is 2.84. The molecule has 0 N–H and O–H groups in total. The summed E-state index contributed by atoms with van der Waals surface area (Å²) in [5.74, 6) is 1.43. The molecule has 5 nitrogen and oxygen atoms in total. The number of thioether (sulfide) groups is 1. The summed E-state index contributed by atoms with van der Waals surface area (Å²) in [6.07, 6.45) is 0.900. The minimum absolute atomic E-state index is 0.0309. The van der Waals surface area contributed by atoms with Gasteiger partial charge in [0.1, 0.15) is 10.6 Å². The number of methoxy groups -OCH3 is 2. The molecule has 3 aromatic rings. The van der Waals surface area contributed by atoms with Gasteiger partial charge in [-0.25, -0.2) is 4.98 Å². The normalized spacial score (nSPS) is 11.2. The maximum absolute atomic E-state index is 13.4. The van der Waals surface area contributed by atoms with E-state index in [9.17, 15) is 4.79 Å². The van der Waals surface area contributed by atoms with Crippen LogP contribution in [0.4, 0.5) is 0 Å². The summed E-state index contributed by atoms with van der Waals surface area (Å²) in [5.41, 5.74) is 1.76. The first-order chi connectivity index (χ1) is 12.6. The van der Waals surface area contributed by atoms with Crippen molar-refractivity contribution >= 4 is 33.3 Å². The van der Waals surface area contributed by atoms with Crippen LogP contribution in [0.2, 0.25) is 0 Å². The lowest BCUT2D eigenvalue weighted by molar-refractivity contribution is 0.218. The highest BCUT2D eigenvalue weighted by molar-refractivity contribution is 7.99. The van der Waals surface area contributed by atoms with Crippen LogP contribution < -0.4 is 10.3 Å². The van der Waals surface area contributed by atoms with Crippen molar-refractivity contribution in [1.82, 2.24) is 9.55 Å². The fraction of sp³-hybridized carbons (Fsp3) is 0.368. The summed E-state index contributed by atoms with van der Waals surface area (Å²) in [7, 11) is 3.29. The van der Waals surface area contributed by atoms with E-state index in [-0.39, 0.29) is 5.56 Å². The number of fused-ring (bicyclic) bond motifs is 1. The molecule has 1 aromatic carbocycles. The number of nitrogens with zero attached hydrogens (tertiary/aromatic N) is 2. The molecule has 0 saturated carbocycles. The van der Waals surface area contributed by atoms with E-state index in [1.807, 2.05) is 31.2 Å². The lowest BCUT2D eigenvalue weighted by Crippen LogP contribution is -2.22. The Morgan fingerprint density at radius 2 is 2.12 bits per heavy atom. The maximum atomic E-state index is 13.4. The highest BCUT2D eigenvalue weighted by Gasteiger charge is 2.19. The Balaban J connectivity index is 2.25. The zero-order valence-corrected chi connectivity index (χ0v) is 17.0. The standard InChI is InChI=1S/C19H22N2O3S2/c1-5-15-12(2)16-17(26-15)20-19(25-10-9-23-3)21(18(16)22)13-7-6-8-14(11-13)24-4/h6-8,11H,5,9-10H2,1-4H3. The van der Waals surface area contributed by atoms with Crippen LogP contribution in [0.25, 0.3) is 15.9 Å². The largest absolute Gasteiger partial charge is 0.497 e. The van der Waals surface area contributed by atoms with E-state index >= 15 is 0 Å². The van der Waals surface area contributed by atoms with Gasteiger partial charge in [-0.3, -0.25) is 9.36 Å². The van der Waals surface area contributed by atoms with Crippen LogP contribution in [0.1, 0.15) is 17.4 Å². The van der Waals surface area contributed by atoms with Crippen LogP contribution in [0, 0.1) is 6.92 Å². The van der Waals surface area contributed by atoms with E-state index in [1.54, 1.807) is 30.1 Å². The van der Waals surface area contributed by atoms with Gasteiger partial charge in [-0.05, 0) is 31.0 Å². The average molecular weight is 391 g/mol. The summed E-state index contributed by atoms with van der Waals surface area (Å²) >= 11 is 3.13. The van der Waals surface area contributed by atoms with Crippen molar-refractivity contribution in [3.8, 4) is 11.4 Å². The Morgan fingerprint density at radius 1 is 1.31 bits per heavy atom. The molecule has 0 fully saturated rings. The molecule has 2 aromatic heterocycles. The quantitative estimate of drug-likeness (QED) is 0.346.